The maximum absolute atomic E-state index is 13.6. The third kappa shape index (κ3) is 5.36. The molecule has 1 aromatic rings. The van der Waals surface area contributed by atoms with E-state index < -0.39 is 6.17 Å². The predicted molar refractivity (Wildman–Crippen MR) is 106 cm³/mol. The molecule has 142 valence electrons. The Hall–Kier alpha value is -1.27. The monoisotopic (exact) mass is 423 g/mol. The Bertz CT molecular complexity index is 639. The van der Waals surface area contributed by atoms with Crippen LogP contribution in [0.5, 0.6) is 0 Å². The van der Waals surface area contributed by atoms with Crippen molar-refractivity contribution in [2.75, 3.05) is 31.2 Å². The molecule has 0 N–H and O–H groups in total. The first kappa shape index (κ1) is 19.5. The zero-order chi connectivity index (χ0) is 18.4. The van der Waals surface area contributed by atoms with Crippen molar-refractivity contribution in [2.24, 2.45) is 5.92 Å². The first-order valence-corrected chi connectivity index (χ1v) is 10.3. The maximum atomic E-state index is 13.6. The van der Waals surface area contributed by atoms with Gasteiger partial charge in [-0.2, -0.15) is 0 Å². The molecule has 2 heterocycles. The SMILES string of the molecule is CCc1cnc(N2CCC(CCOCC3=CC=C(Br)C(F)C3)CC2)nc1. The van der Waals surface area contributed by atoms with Crippen molar-refractivity contribution in [1.82, 2.24) is 9.97 Å². The van der Waals surface area contributed by atoms with E-state index in [1.165, 1.54) is 5.56 Å². The van der Waals surface area contributed by atoms with Crippen LogP contribution in [-0.4, -0.2) is 42.4 Å². The summed E-state index contributed by atoms with van der Waals surface area (Å²) in [7, 11) is 0. The van der Waals surface area contributed by atoms with E-state index in [0.717, 1.165) is 56.9 Å². The molecule has 1 aromatic heterocycles. The normalized spacial score (nSPS) is 21.5. The Kier molecular flexibility index (Phi) is 7.20. The van der Waals surface area contributed by atoms with Gasteiger partial charge < -0.3 is 9.64 Å². The minimum Gasteiger partial charge on any atom is -0.377 e. The standard InChI is InChI=1S/C20H27BrFN3O/c1-2-15-12-23-20(24-13-15)25-8-5-16(6-9-25)7-10-26-14-17-3-4-18(21)19(22)11-17/h3-4,12-13,16,19H,2,5-11,14H2,1H3. The summed E-state index contributed by atoms with van der Waals surface area (Å²) in [4.78, 5) is 11.2. The topological polar surface area (TPSA) is 38.2 Å². The molecule has 1 aliphatic heterocycles. The van der Waals surface area contributed by atoms with Crippen molar-refractivity contribution in [1.29, 1.82) is 0 Å². The van der Waals surface area contributed by atoms with E-state index in [1.807, 2.05) is 18.5 Å². The molecule has 1 atom stereocenters. The third-order valence-electron chi connectivity index (χ3n) is 5.17. The highest BCUT2D eigenvalue weighted by Crippen LogP contribution is 2.27. The van der Waals surface area contributed by atoms with E-state index in [9.17, 15) is 4.39 Å². The molecule has 0 spiro atoms. The van der Waals surface area contributed by atoms with Gasteiger partial charge in [0.1, 0.15) is 6.17 Å². The Balaban J connectivity index is 1.34. The Labute approximate surface area is 163 Å². The van der Waals surface area contributed by atoms with E-state index in [1.54, 1.807) is 6.08 Å². The van der Waals surface area contributed by atoms with Crippen LogP contribution in [0.15, 0.2) is 34.6 Å². The van der Waals surface area contributed by atoms with Gasteiger partial charge in [-0.05, 0) is 48.8 Å². The molecule has 2 aliphatic rings. The van der Waals surface area contributed by atoms with Crippen LogP contribution in [-0.2, 0) is 11.2 Å². The number of hydrogen-bond donors (Lipinski definition) is 0. The smallest absolute Gasteiger partial charge is 0.225 e. The number of aromatic nitrogens is 2. The average Bonchev–Trinajstić information content (AvgIpc) is 2.68. The molecule has 1 unspecified atom stereocenters. The fourth-order valence-electron chi connectivity index (χ4n) is 3.37. The molecule has 0 saturated carbocycles. The fourth-order valence-corrected chi connectivity index (χ4v) is 3.67. The molecule has 0 radical (unpaired) electrons. The van der Waals surface area contributed by atoms with Crippen LogP contribution in [0, 0.1) is 5.92 Å². The molecule has 4 nitrogen and oxygen atoms in total. The number of allylic oxidation sites excluding steroid dienone is 3. The van der Waals surface area contributed by atoms with Gasteiger partial charge in [0.2, 0.25) is 5.95 Å². The minimum absolute atomic E-state index is 0.437. The summed E-state index contributed by atoms with van der Waals surface area (Å²) < 4.78 is 20.0. The number of rotatable bonds is 7. The number of piperidine rings is 1. The van der Waals surface area contributed by atoms with Crippen LogP contribution >= 0.6 is 15.9 Å². The summed E-state index contributed by atoms with van der Waals surface area (Å²) >= 11 is 3.23. The minimum atomic E-state index is -0.920. The summed E-state index contributed by atoms with van der Waals surface area (Å²) in [5.41, 5.74) is 2.21. The van der Waals surface area contributed by atoms with Crippen molar-refractivity contribution >= 4 is 21.9 Å². The van der Waals surface area contributed by atoms with Crippen LogP contribution in [0.1, 0.15) is 38.2 Å². The lowest BCUT2D eigenvalue weighted by atomic mass is 9.94. The highest BCUT2D eigenvalue weighted by atomic mass is 79.9. The number of ether oxygens (including phenoxy) is 1. The van der Waals surface area contributed by atoms with Gasteiger partial charge in [-0.15, -0.1) is 0 Å². The first-order chi connectivity index (χ1) is 12.7. The van der Waals surface area contributed by atoms with E-state index in [-0.39, 0.29) is 0 Å². The molecule has 26 heavy (non-hydrogen) atoms. The largest absolute Gasteiger partial charge is 0.377 e. The number of anilines is 1. The number of hydrogen-bond acceptors (Lipinski definition) is 4. The van der Waals surface area contributed by atoms with Crippen molar-refractivity contribution in [3.05, 3.63) is 40.2 Å². The van der Waals surface area contributed by atoms with E-state index >= 15 is 0 Å². The van der Waals surface area contributed by atoms with Crippen LogP contribution in [0.25, 0.3) is 0 Å². The van der Waals surface area contributed by atoms with Gasteiger partial charge in [0.05, 0.1) is 6.61 Å². The lowest BCUT2D eigenvalue weighted by Crippen LogP contribution is -2.35. The quantitative estimate of drug-likeness (QED) is 0.600. The van der Waals surface area contributed by atoms with Crippen molar-refractivity contribution in [2.45, 2.75) is 45.2 Å². The van der Waals surface area contributed by atoms with Crippen LogP contribution in [0.2, 0.25) is 0 Å². The molecule has 6 heteroatoms. The zero-order valence-electron chi connectivity index (χ0n) is 15.3. The van der Waals surface area contributed by atoms with Gasteiger partial charge in [-0.25, -0.2) is 14.4 Å². The van der Waals surface area contributed by atoms with E-state index in [4.69, 9.17) is 4.74 Å². The van der Waals surface area contributed by atoms with Crippen molar-refractivity contribution in [3.63, 3.8) is 0 Å². The number of nitrogens with zero attached hydrogens (tertiary/aromatic N) is 3. The first-order valence-electron chi connectivity index (χ1n) is 9.48. The molecular weight excluding hydrogens is 397 g/mol. The van der Waals surface area contributed by atoms with Crippen molar-refractivity contribution < 1.29 is 9.13 Å². The lowest BCUT2D eigenvalue weighted by Gasteiger charge is -2.32. The summed E-state index contributed by atoms with van der Waals surface area (Å²) in [6, 6.07) is 0. The van der Waals surface area contributed by atoms with Gasteiger partial charge in [0, 0.05) is 43.0 Å². The van der Waals surface area contributed by atoms with Gasteiger partial charge in [0.25, 0.3) is 0 Å². The van der Waals surface area contributed by atoms with E-state index in [0.29, 0.717) is 23.4 Å². The van der Waals surface area contributed by atoms with Gasteiger partial charge >= 0.3 is 0 Å². The van der Waals surface area contributed by atoms with Gasteiger partial charge in [-0.1, -0.05) is 28.9 Å². The third-order valence-corrected chi connectivity index (χ3v) is 5.94. The Morgan fingerprint density at radius 3 is 2.62 bits per heavy atom. The maximum Gasteiger partial charge on any atom is 0.225 e. The molecule has 3 rings (SSSR count). The second-order valence-electron chi connectivity index (χ2n) is 7.06. The number of alkyl halides is 1. The van der Waals surface area contributed by atoms with Crippen LogP contribution < -0.4 is 4.90 Å². The highest BCUT2D eigenvalue weighted by molar-refractivity contribution is 9.11. The average molecular weight is 424 g/mol. The molecule has 1 saturated heterocycles. The lowest BCUT2D eigenvalue weighted by molar-refractivity contribution is 0.131. The molecular formula is C20H27BrFN3O. The second-order valence-corrected chi connectivity index (χ2v) is 7.98. The van der Waals surface area contributed by atoms with E-state index in [2.05, 4.69) is 37.7 Å². The summed E-state index contributed by atoms with van der Waals surface area (Å²) in [6.45, 7) is 5.40. The van der Waals surface area contributed by atoms with Gasteiger partial charge in [0.15, 0.2) is 0 Å². The van der Waals surface area contributed by atoms with Crippen molar-refractivity contribution in [3.8, 4) is 0 Å². The van der Waals surface area contributed by atoms with Gasteiger partial charge in [-0.3, -0.25) is 0 Å². The Morgan fingerprint density at radius 1 is 1.23 bits per heavy atom. The van der Waals surface area contributed by atoms with Crippen LogP contribution in [0.4, 0.5) is 10.3 Å². The Morgan fingerprint density at radius 2 is 1.96 bits per heavy atom. The number of aryl methyl sites for hydroxylation is 1. The number of halogens is 2. The fraction of sp³-hybridized carbons (Fsp3) is 0.600. The molecule has 0 bridgehead atoms. The molecule has 0 amide bonds. The molecule has 0 aromatic carbocycles. The summed E-state index contributed by atoms with van der Waals surface area (Å²) in [6.07, 6.45) is 11.5. The zero-order valence-corrected chi connectivity index (χ0v) is 16.9. The molecule has 1 fully saturated rings. The summed E-state index contributed by atoms with van der Waals surface area (Å²) in [5.74, 6) is 1.53. The van der Waals surface area contributed by atoms with Crippen LogP contribution in [0.3, 0.4) is 0 Å². The second kappa shape index (κ2) is 9.60. The highest BCUT2D eigenvalue weighted by Gasteiger charge is 2.21. The summed E-state index contributed by atoms with van der Waals surface area (Å²) in [5, 5.41) is 0. The molecule has 1 aliphatic carbocycles. The predicted octanol–water partition coefficient (Wildman–Crippen LogP) is 4.61.